The van der Waals surface area contributed by atoms with Gasteiger partial charge in [-0.2, -0.15) is 0 Å². The van der Waals surface area contributed by atoms with Crippen molar-refractivity contribution in [1.82, 2.24) is 14.5 Å². The summed E-state index contributed by atoms with van der Waals surface area (Å²) >= 11 is 1.60. The van der Waals surface area contributed by atoms with Gasteiger partial charge in [0, 0.05) is 35.6 Å². The highest BCUT2D eigenvalue weighted by atomic mass is 32.1. The minimum absolute atomic E-state index is 0.376. The molecule has 4 rings (SSSR count). The second kappa shape index (κ2) is 7.64. The lowest BCUT2D eigenvalue weighted by molar-refractivity contribution is 0.0999. The zero-order chi connectivity index (χ0) is 18.8. The van der Waals surface area contributed by atoms with Crippen molar-refractivity contribution in [3.8, 4) is 22.0 Å². The van der Waals surface area contributed by atoms with E-state index in [2.05, 4.69) is 14.9 Å². The third-order valence-electron chi connectivity index (χ3n) is 5.47. The molecule has 1 fully saturated rings. The Morgan fingerprint density at radius 3 is 2.85 bits per heavy atom. The lowest BCUT2D eigenvalue weighted by atomic mass is 9.89. The number of carbonyl (C=O) groups is 1. The Kier molecular flexibility index (Phi) is 5.07. The van der Waals surface area contributed by atoms with Crippen LogP contribution in [-0.4, -0.2) is 20.4 Å². The zero-order valence-electron chi connectivity index (χ0n) is 15.5. The van der Waals surface area contributed by atoms with Crippen LogP contribution < -0.4 is 5.73 Å². The van der Waals surface area contributed by atoms with E-state index in [9.17, 15) is 4.79 Å². The van der Waals surface area contributed by atoms with Gasteiger partial charge in [0.2, 0.25) is 0 Å². The first-order valence-electron chi connectivity index (χ1n) is 9.49. The second-order valence-corrected chi connectivity index (χ2v) is 8.15. The summed E-state index contributed by atoms with van der Waals surface area (Å²) in [6.07, 6.45) is 10.0. The van der Waals surface area contributed by atoms with E-state index in [4.69, 9.17) is 10.7 Å². The van der Waals surface area contributed by atoms with E-state index in [0.717, 1.165) is 34.2 Å². The fraction of sp³-hybridized carbons (Fsp3) is 0.381. The molecule has 0 aliphatic heterocycles. The molecule has 140 valence electrons. The minimum Gasteiger partial charge on any atom is -0.366 e. The molecule has 0 aromatic carbocycles. The number of rotatable bonds is 5. The molecule has 0 atom stereocenters. The van der Waals surface area contributed by atoms with E-state index < -0.39 is 0 Å². The molecule has 3 aromatic heterocycles. The summed E-state index contributed by atoms with van der Waals surface area (Å²) in [7, 11) is 0. The molecule has 5 nitrogen and oxygen atoms in total. The molecule has 2 N–H and O–H groups in total. The van der Waals surface area contributed by atoms with Crippen molar-refractivity contribution in [1.29, 1.82) is 0 Å². The average molecular weight is 381 g/mol. The summed E-state index contributed by atoms with van der Waals surface area (Å²) in [5, 5.41) is 2.99. The molecule has 1 saturated carbocycles. The van der Waals surface area contributed by atoms with Crippen molar-refractivity contribution < 1.29 is 4.79 Å². The molecular formula is C21H24N4OS. The number of nitrogens with two attached hydrogens (primary N) is 1. The zero-order valence-corrected chi connectivity index (χ0v) is 16.3. The van der Waals surface area contributed by atoms with Crippen molar-refractivity contribution in [3.05, 3.63) is 47.2 Å². The molecule has 0 spiro atoms. The number of nitrogens with zero attached hydrogens (tertiary/aromatic N) is 3. The van der Waals surface area contributed by atoms with Crippen LogP contribution in [0.1, 0.15) is 48.2 Å². The number of primary amides is 1. The summed E-state index contributed by atoms with van der Waals surface area (Å²) in [6, 6.07) is 5.83. The van der Waals surface area contributed by atoms with E-state index in [1.165, 1.54) is 32.1 Å². The Balaban J connectivity index is 1.72. The van der Waals surface area contributed by atoms with Crippen LogP contribution in [0.3, 0.4) is 0 Å². The number of hydrogen-bond acceptors (Lipinski definition) is 4. The van der Waals surface area contributed by atoms with Crippen LogP contribution in [0.4, 0.5) is 0 Å². The van der Waals surface area contributed by atoms with Crippen molar-refractivity contribution in [2.45, 2.75) is 45.6 Å². The Hall–Kier alpha value is -2.47. The molecule has 3 heterocycles. The van der Waals surface area contributed by atoms with E-state index in [0.29, 0.717) is 11.5 Å². The lowest BCUT2D eigenvalue weighted by Gasteiger charge is -2.24. The van der Waals surface area contributed by atoms with Gasteiger partial charge >= 0.3 is 0 Å². The predicted octanol–water partition coefficient (Wildman–Crippen LogP) is 4.66. The highest BCUT2D eigenvalue weighted by Gasteiger charge is 2.22. The lowest BCUT2D eigenvalue weighted by Crippen LogP contribution is -2.17. The van der Waals surface area contributed by atoms with E-state index >= 15 is 0 Å². The van der Waals surface area contributed by atoms with E-state index in [1.54, 1.807) is 17.5 Å². The predicted molar refractivity (Wildman–Crippen MR) is 109 cm³/mol. The fourth-order valence-electron chi connectivity index (χ4n) is 3.98. The maximum Gasteiger partial charge on any atom is 0.250 e. The quantitative estimate of drug-likeness (QED) is 0.699. The van der Waals surface area contributed by atoms with Gasteiger partial charge in [-0.15, -0.1) is 11.3 Å². The summed E-state index contributed by atoms with van der Waals surface area (Å²) in [6.45, 7) is 2.91. The van der Waals surface area contributed by atoms with Gasteiger partial charge < -0.3 is 10.3 Å². The topological polar surface area (TPSA) is 73.8 Å². The Morgan fingerprint density at radius 2 is 2.15 bits per heavy atom. The summed E-state index contributed by atoms with van der Waals surface area (Å²) < 4.78 is 2.25. The van der Waals surface area contributed by atoms with Crippen LogP contribution in [0, 0.1) is 12.8 Å². The molecule has 0 radical (unpaired) electrons. The van der Waals surface area contributed by atoms with Crippen molar-refractivity contribution in [2.24, 2.45) is 11.7 Å². The van der Waals surface area contributed by atoms with Crippen LogP contribution in [0.25, 0.3) is 22.0 Å². The van der Waals surface area contributed by atoms with Crippen LogP contribution in [0.15, 0.2) is 36.0 Å². The van der Waals surface area contributed by atoms with Crippen LogP contribution in [0.2, 0.25) is 0 Å². The second-order valence-electron chi connectivity index (χ2n) is 7.29. The Morgan fingerprint density at radius 1 is 1.33 bits per heavy atom. The first-order chi connectivity index (χ1) is 13.1. The van der Waals surface area contributed by atoms with Crippen molar-refractivity contribution in [2.75, 3.05) is 0 Å². The minimum atomic E-state index is -0.376. The third-order valence-corrected chi connectivity index (χ3v) is 6.36. The molecule has 27 heavy (non-hydrogen) atoms. The molecule has 0 saturated heterocycles. The first kappa shape index (κ1) is 17.9. The number of amides is 1. The average Bonchev–Trinajstić information content (AvgIpc) is 3.29. The Bertz CT molecular complexity index is 939. The highest BCUT2D eigenvalue weighted by Crippen LogP contribution is 2.33. The fourth-order valence-corrected chi connectivity index (χ4v) is 4.79. The van der Waals surface area contributed by atoms with Gasteiger partial charge in [0.1, 0.15) is 5.01 Å². The largest absolute Gasteiger partial charge is 0.366 e. The maximum atomic E-state index is 11.9. The van der Waals surface area contributed by atoms with Crippen molar-refractivity contribution >= 4 is 17.2 Å². The van der Waals surface area contributed by atoms with Crippen LogP contribution in [-0.2, 0) is 6.54 Å². The summed E-state index contributed by atoms with van der Waals surface area (Å²) in [5.74, 6) is 0.277. The maximum absolute atomic E-state index is 11.9. The molecule has 0 unspecified atom stereocenters. The number of hydrogen-bond donors (Lipinski definition) is 1. The third kappa shape index (κ3) is 3.67. The number of thiazole rings is 1. The highest BCUT2D eigenvalue weighted by molar-refractivity contribution is 7.13. The summed E-state index contributed by atoms with van der Waals surface area (Å²) in [4.78, 5) is 20.9. The SMILES string of the molecule is Cc1c(C(N)=O)cc(-c2csc(-c3cccnc3)n2)n1CC1CCCCC1. The molecule has 6 heteroatoms. The standard InChI is InChI=1S/C21H24N4OS/c1-14-17(20(22)26)10-19(25(14)12-15-6-3-2-4-7-15)18-13-27-21(24-18)16-8-5-9-23-11-16/h5,8-11,13,15H,2-4,6-7,12H2,1H3,(H2,22,26). The van der Waals surface area contributed by atoms with Gasteiger partial charge in [-0.3, -0.25) is 9.78 Å². The molecular weight excluding hydrogens is 356 g/mol. The first-order valence-corrected chi connectivity index (χ1v) is 10.4. The van der Waals surface area contributed by atoms with Crippen LogP contribution in [0.5, 0.6) is 0 Å². The van der Waals surface area contributed by atoms with E-state index in [1.807, 2.05) is 31.3 Å². The summed E-state index contributed by atoms with van der Waals surface area (Å²) in [5.41, 5.74) is 10.0. The molecule has 1 aliphatic rings. The monoisotopic (exact) mass is 380 g/mol. The normalized spacial score (nSPS) is 15.1. The van der Waals surface area contributed by atoms with Gasteiger partial charge in [0.05, 0.1) is 17.0 Å². The van der Waals surface area contributed by atoms with Gasteiger partial charge in [0.25, 0.3) is 5.91 Å². The number of carbonyl (C=O) groups excluding carboxylic acids is 1. The van der Waals surface area contributed by atoms with Gasteiger partial charge in [-0.1, -0.05) is 19.3 Å². The van der Waals surface area contributed by atoms with Crippen LogP contribution >= 0.6 is 11.3 Å². The van der Waals surface area contributed by atoms with Crippen molar-refractivity contribution in [3.63, 3.8) is 0 Å². The van der Waals surface area contributed by atoms with Gasteiger partial charge in [-0.05, 0) is 43.9 Å². The molecule has 1 amide bonds. The van der Waals surface area contributed by atoms with E-state index in [-0.39, 0.29) is 5.91 Å². The molecule has 1 aliphatic carbocycles. The molecule has 3 aromatic rings. The number of pyridine rings is 1. The number of aromatic nitrogens is 3. The smallest absolute Gasteiger partial charge is 0.250 e. The Labute approximate surface area is 163 Å². The molecule has 0 bridgehead atoms. The van der Waals surface area contributed by atoms with Gasteiger partial charge in [-0.25, -0.2) is 4.98 Å². The van der Waals surface area contributed by atoms with Gasteiger partial charge in [0.15, 0.2) is 0 Å².